The van der Waals surface area contributed by atoms with Gasteiger partial charge >= 0.3 is 0 Å². The number of nitrogens with zero attached hydrogens (tertiary/aromatic N) is 4. The number of hydrogen-bond acceptors (Lipinski definition) is 5. The highest BCUT2D eigenvalue weighted by Gasteiger charge is 2.41. The Morgan fingerprint density at radius 2 is 2.35 bits per heavy atom. The third-order valence-corrected chi connectivity index (χ3v) is 5.36. The summed E-state index contributed by atoms with van der Waals surface area (Å²) in [5, 5.41) is 7.20. The summed E-state index contributed by atoms with van der Waals surface area (Å²) in [5.74, 6) is 0.403. The molecule has 1 amide bonds. The Bertz CT molecular complexity index is 790. The highest BCUT2D eigenvalue weighted by Crippen LogP contribution is 2.34. The molecule has 2 saturated heterocycles. The van der Waals surface area contributed by atoms with Crippen LogP contribution in [0.1, 0.15) is 24.1 Å². The molecule has 7 heteroatoms. The van der Waals surface area contributed by atoms with E-state index in [0.717, 1.165) is 43.9 Å². The number of carbonyl (C=O) groups is 1. The number of piperidine rings is 1. The lowest BCUT2D eigenvalue weighted by molar-refractivity contribution is -0.127. The standard InChI is InChI=1S/C19H25N5O2/c1-13-16(4-3-6-20-13)22-19(25)17-8-15-5-7-24(12-18(15)26-17)11-14-9-21-23(2)10-14/h3-4,6,9-10,15,17-18H,5,7-8,11-12H2,1-2H3,(H,22,25)/t15-,17+,18-/m0/s1. The lowest BCUT2D eigenvalue weighted by Crippen LogP contribution is -2.41. The van der Waals surface area contributed by atoms with Crippen LogP contribution in [0.2, 0.25) is 0 Å². The number of anilines is 1. The zero-order valence-electron chi connectivity index (χ0n) is 15.3. The molecule has 3 atom stereocenters. The molecular weight excluding hydrogens is 330 g/mol. The van der Waals surface area contributed by atoms with Crippen molar-refractivity contribution in [3.63, 3.8) is 0 Å². The van der Waals surface area contributed by atoms with Crippen molar-refractivity contribution in [2.75, 3.05) is 18.4 Å². The molecule has 138 valence electrons. The smallest absolute Gasteiger partial charge is 0.253 e. The van der Waals surface area contributed by atoms with Crippen LogP contribution in [-0.2, 0) is 23.1 Å². The van der Waals surface area contributed by atoms with Crippen LogP contribution in [0.25, 0.3) is 0 Å². The molecule has 0 saturated carbocycles. The van der Waals surface area contributed by atoms with Crippen molar-refractivity contribution in [2.24, 2.45) is 13.0 Å². The molecule has 7 nitrogen and oxygen atoms in total. The van der Waals surface area contributed by atoms with Gasteiger partial charge in [-0.15, -0.1) is 0 Å². The lowest BCUT2D eigenvalue weighted by atomic mass is 9.91. The van der Waals surface area contributed by atoms with E-state index in [1.165, 1.54) is 5.56 Å². The number of hydrogen-bond donors (Lipinski definition) is 1. The third kappa shape index (κ3) is 3.64. The highest BCUT2D eigenvalue weighted by atomic mass is 16.5. The highest BCUT2D eigenvalue weighted by molar-refractivity contribution is 5.94. The van der Waals surface area contributed by atoms with Crippen LogP contribution < -0.4 is 5.32 Å². The van der Waals surface area contributed by atoms with Gasteiger partial charge in [0.15, 0.2) is 0 Å². The minimum absolute atomic E-state index is 0.0608. The number of nitrogens with one attached hydrogen (secondary N) is 1. The van der Waals surface area contributed by atoms with Crippen molar-refractivity contribution in [3.05, 3.63) is 42.0 Å². The molecule has 2 aliphatic rings. The van der Waals surface area contributed by atoms with Crippen LogP contribution in [0, 0.1) is 12.8 Å². The molecule has 0 radical (unpaired) electrons. The molecule has 2 fully saturated rings. The summed E-state index contributed by atoms with van der Waals surface area (Å²) in [5.41, 5.74) is 2.79. The van der Waals surface area contributed by atoms with Gasteiger partial charge < -0.3 is 10.1 Å². The first-order chi connectivity index (χ1) is 12.6. The summed E-state index contributed by atoms with van der Waals surface area (Å²) in [4.78, 5) is 19.2. The van der Waals surface area contributed by atoms with Gasteiger partial charge in [0, 0.05) is 38.1 Å². The predicted octanol–water partition coefficient (Wildman–Crippen LogP) is 1.74. The molecule has 4 rings (SSSR count). The summed E-state index contributed by atoms with van der Waals surface area (Å²) in [6.45, 7) is 4.68. The SMILES string of the molecule is Cc1ncccc1NC(=O)[C@H]1C[C@@H]2CCN(Cc3cnn(C)c3)C[C@@H]2O1. The molecule has 4 heterocycles. The predicted molar refractivity (Wildman–Crippen MR) is 97.5 cm³/mol. The summed E-state index contributed by atoms with van der Waals surface area (Å²) < 4.78 is 7.95. The first-order valence-electron chi connectivity index (χ1n) is 9.16. The van der Waals surface area contributed by atoms with E-state index >= 15 is 0 Å². The number of rotatable bonds is 4. The maximum Gasteiger partial charge on any atom is 0.253 e. The zero-order valence-corrected chi connectivity index (χ0v) is 15.3. The van der Waals surface area contributed by atoms with Gasteiger partial charge in [-0.3, -0.25) is 19.4 Å². The maximum atomic E-state index is 12.6. The maximum absolute atomic E-state index is 12.6. The van der Waals surface area contributed by atoms with Gasteiger partial charge in [0.05, 0.1) is 23.7 Å². The van der Waals surface area contributed by atoms with Gasteiger partial charge in [0.2, 0.25) is 0 Å². The van der Waals surface area contributed by atoms with Gasteiger partial charge in [0.25, 0.3) is 5.91 Å². The largest absolute Gasteiger partial charge is 0.364 e. The number of carbonyl (C=O) groups excluding carboxylic acids is 1. The zero-order chi connectivity index (χ0) is 18.1. The fourth-order valence-corrected chi connectivity index (χ4v) is 3.95. The average Bonchev–Trinajstić information content (AvgIpc) is 3.22. The molecule has 0 spiro atoms. The van der Waals surface area contributed by atoms with Gasteiger partial charge in [-0.1, -0.05) is 0 Å². The molecule has 2 aromatic rings. The van der Waals surface area contributed by atoms with E-state index in [4.69, 9.17) is 4.74 Å². The molecular formula is C19H25N5O2. The Kier molecular flexibility index (Phi) is 4.74. The second kappa shape index (κ2) is 7.17. The Morgan fingerprint density at radius 1 is 1.46 bits per heavy atom. The first-order valence-corrected chi connectivity index (χ1v) is 9.16. The third-order valence-electron chi connectivity index (χ3n) is 5.36. The summed E-state index contributed by atoms with van der Waals surface area (Å²) >= 11 is 0. The minimum Gasteiger partial charge on any atom is -0.364 e. The van der Waals surface area contributed by atoms with E-state index < -0.39 is 0 Å². The van der Waals surface area contributed by atoms with Gasteiger partial charge in [-0.2, -0.15) is 5.10 Å². The van der Waals surface area contributed by atoms with Crippen molar-refractivity contribution < 1.29 is 9.53 Å². The normalized spacial score (nSPS) is 25.8. The number of pyridine rings is 1. The monoisotopic (exact) mass is 355 g/mol. The van der Waals surface area contributed by atoms with Crippen LogP contribution in [0.5, 0.6) is 0 Å². The van der Waals surface area contributed by atoms with Crippen LogP contribution in [0.4, 0.5) is 5.69 Å². The Labute approximate surface area is 153 Å². The minimum atomic E-state index is -0.372. The lowest BCUT2D eigenvalue weighted by Gasteiger charge is -2.33. The number of likely N-dealkylation sites (tertiary alicyclic amines) is 1. The Morgan fingerprint density at radius 3 is 3.12 bits per heavy atom. The molecule has 0 aliphatic carbocycles. The number of aryl methyl sites for hydroxylation is 2. The van der Waals surface area contributed by atoms with E-state index in [-0.39, 0.29) is 18.1 Å². The first kappa shape index (κ1) is 17.2. The van der Waals surface area contributed by atoms with Gasteiger partial charge in [-0.05, 0) is 44.4 Å². The molecule has 2 aromatic heterocycles. The number of ether oxygens (including phenoxy) is 1. The Balaban J connectivity index is 1.34. The number of fused-ring (bicyclic) bond motifs is 1. The van der Waals surface area contributed by atoms with E-state index in [0.29, 0.717) is 5.92 Å². The van der Waals surface area contributed by atoms with E-state index in [1.807, 2.05) is 43.2 Å². The van der Waals surface area contributed by atoms with Crippen molar-refractivity contribution in [3.8, 4) is 0 Å². The van der Waals surface area contributed by atoms with Gasteiger partial charge in [-0.25, -0.2) is 0 Å². The number of amides is 1. The van der Waals surface area contributed by atoms with Crippen molar-refractivity contribution in [1.29, 1.82) is 0 Å². The topological polar surface area (TPSA) is 72.3 Å². The van der Waals surface area contributed by atoms with Crippen LogP contribution in [0.3, 0.4) is 0 Å². The summed E-state index contributed by atoms with van der Waals surface area (Å²) in [6.07, 6.45) is 7.32. The van der Waals surface area contributed by atoms with Crippen LogP contribution in [-0.4, -0.2) is 50.9 Å². The molecule has 0 bridgehead atoms. The summed E-state index contributed by atoms with van der Waals surface area (Å²) in [7, 11) is 1.93. The van der Waals surface area contributed by atoms with E-state index in [1.54, 1.807) is 6.20 Å². The van der Waals surface area contributed by atoms with Gasteiger partial charge in [0.1, 0.15) is 6.10 Å². The number of aromatic nitrogens is 3. The fraction of sp³-hybridized carbons (Fsp3) is 0.526. The molecule has 0 unspecified atom stereocenters. The van der Waals surface area contributed by atoms with Crippen molar-refractivity contribution >= 4 is 11.6 Å². The van der Waals surface area contributed by atoms with Crippen LogP contribution in [0.15, 0.2) is 30.7 Å². The second-order valence-corrected chi connectivity index (χ2v) is 7.33. The summed E-state index contributed by atoms with van der Waals surface area (Å²) in [6, 6.07) is 3.70. The quantitative estimate of drug-likeness (QED) is 0.904. The van der Waals surface area contributed by atoms with Crippen molar-refractivity contribution in [2.45, 2.75) is 38.5 Å². The van der Waals surface area contributed by atoms with E-state index in [2.05, 4.69) is 20.3 Å². The molecule has 2 aliphatic heterocycles. The van der Waals surface area contributed by atoms with E-state index in [9.17, 15) is 4.79 Å². The second-order valence-electron chi connectivity index (χ2n) is 7.33. The van der Waals surface area contributed by atoms with Crippen molar-refractivity contribution in [1.82, 2.24) is 19.7 Å². The molecule has 1 N–H and O–H groups in total. The molecule has 26 heavy (non-hydrogen) atoms. The fourth-order valence-electron chi connectivity index (χ4n) is 3.95. The average molecular weight is 355 g/mol. The Hall–Kier alpha value is -2.25. The van der Waals surface area contributed by atoms with Crippen LogP contribution >= 0.6 is 0 Å². The molecule has 0 aromatic carbocycles.